The predicted molar refractivity (Wildman–Crippen MR) is 115 cm³/mol. The maximum atomic E-state index is 12.8. The van der Waals surface area contributed by atoms with Crippen molar-refractivity contribution in [3.8, 4) is 11.6 Å². The highest BCUT2D eigenvalue weighted by molar-refractivity contribution is 5.90. The normalized spacial score (nSPS) is 21.1. The smallest absolute Gasteiger partial charge is 0.372 e. The minimum Gasteiger partial charge on any atom is -0.372 e. The molecule has 5 rings (SSSR count). The van der Waals surface area contributed by atoms with Crippen LogP contribution in [0.5, 0.6) is 0 Å². The molecule has 1 saturated carbocycles. The Balaban J connectivity index is 1.23. The summed E-state index contributed by atoms with van der Waals surface area (Å²) in [5.74, 6) is -0.232. The van der Waals surface area contributed by atoms with Gasteiger partial charge in [-0.05, 0) is 29.9 Å². The van der Waals surface area contributed by atoms with Gasteiger partial charge in [-0.15, -0.1) is 0 Å². The van der Waals surface area contributed by atoms with E-state index in [1.165, 1.54) is 0 Å². The quantitative estimate of drug-likeness (QED) is 0.525. The number of para-hydroxylation sites is 1. The summed E-state index contributed by atoms with van der Waals surface area (Å²) >= 11 is 0. The van der Waals surface area contributed by atoms with E-state index in [1.807, 2.05) is 30.3 Å². The molecule has 2 N–H and O–H groups in total. The molecule has 11 nitrogen and oxygen atoms in total. The molecular formula is C21H21F3N8O3. The fraction of sp³-hybridized carbons (Fsp3) is 0.429. The number of benzene rings is 1. The summed E-state index contributed by atoms with van der Waals surface area (Å²) in [5.41, 5.74) is 6.67. The van der Waals surface area contributed by atoms with Gasteiger partial charge >= 0.3 is 18.0 Å². The number of fused-ring (bicyclic) bond motifs is 1. The van der Waals surface area contributed by atoms with Gasteiger partial charge in [0.2, 0.25) is 23.5 Å². The SMILES string of the molecule is CN(c1ccccc1)c1nc(N)nc(-c2noc(C(=O)N3C[C@@H]4C(COCC(F)(F)F)[C@@H]4C3)n2)n1. The Kier molecular flexibility index (Phi) is 5.75. The molecule has 3 aromatic rings. The van der Waals surface area contributed by atoms with Gasteiger partial charge in [-0.25, -0.2) is 0 Å². The molecule has 2 aromatic heterocycles. The molecule has 184 valence electrons. The van der Waals surface area contributed by atoms with Gasteiger partial charge in [0, 0.05) is 25.8 Å². The molecule has 0 spiro atoms. The van der Waals surface area contributed by atoms with Crippen LogP contribution >= 0.6 is 0 Å². The van der Waals surface area contributed by atoms with Crippen LogP contribution in [-0.2, 0) is 4.74 Å². The fourth-order valence-electron chi connectivity index (χ4n) is 4.31. The van der Waals surface area contributed by atoms with Crippen molar-refractivity contribution < 1.29 is 27.2 Å². The number of hydrogen-bond acceptors (Lipinski definition) is 10. The first-order chi connectivity index (χ1) is 16.7. The highest BCUT2D eigenvalue weighted by Gasteiger charge is 2.57. The van der Waals surface area contributed by atoms with Crippen LogP contribution in [0, 0.1) is 17.8 Å². The molecule has 1 amide bonds. The lowest BCUT2D eigenvalue weighted by atomic mass is 10.3. The number of nitrogens with two attached hydrogens (primary N) is 1. The highest BCUT2D eigenvalue weighted by atomic mass is 19.4. The van der Waals surface area contributed by atoms with Crippen molar-refractivity contribution in [1.29, 1.82) is 0 Å². The summed E-state index contributed by atoms with van der Waals surface area (Å²) in [5, 5.41) is 3.81. The average Bonchev–Trinajstić information content (AvgIpc) is 3.20. The number of rotatable bonds is 7. The van der Waals surface area contributed by atoms with Crippen molar-refractivity contribution in [3.05, 3.63) is 36.2 Å². The number of likely N-dealkylation sites (tertiary alicyclic amines) is 1. The number of halogens is 3. The number of piperidine rings is 1. The van der Waals surface area contributed by atoms with Gasteiger partial charge in [0.1, 0.15) is 6.61 Å². The molecule has 3 atom stereocenters. The van der Waals surface area contributed by atoms with Crippen LogP contribution in [0.4, 0.5) is 30.8 Å². The Morgan fingerprint density at radius 2 is 1.86 bits per heavy atom. The Morgan fingerprint density at radius 3 is 2.54 bits per heavy atom. The molecule has 1 saturated heterocycles. The van der Waals surface area contributed by atoms with E-state index in [4.69, 9.17) is 15.0 Å². The van der Waals surface area contributed by atoms with E-state index in [1.54, 1.807) is 16.8 Å². The highest BCUT2D eigenvalue weighted by Crippen LogP contribution is 2.52. The van der Waals surface area contributed by atoms with E-state index in [0.29, 0.717) is 13.1 Å². The summed E-state index contributed by atoms with van der Waals surface area (Å²) < 4.78 is 46.6. The lowest BCUT2D eigenvalue weighted by Gasteiger charge is -2.18. The van der Waals surface area contributed by atoms with E-state index in [-0.39, 0.29) is 53.8 Å². The van der Waals surface area contributed by atoms with Crippen LogP contribution in [0.2, 0.25) is 0 Å². The number of hydrogen-bond donors (Lipinski definition) is 1. The zero-order valence-corrected chi connectivity index (χ0v) is 18.5. The first-order valence-corrected chi connectivity index (χ1v) is 10.8. The average molecular weight is 490 g/mol. The Hall–Kier alpha value is -3.81. The number of aromatic nitrogens is 5. The molecule has 0 radical (unpaired) electrons. The predicted octanol–water partition coefficient (Wildman–Crippen LogP) is 2.17. The molecule has 3 heterocycles. The zero-order chi connectivity index (χ0) is 24.7. The number of nitrogen functional groups attached to an aromatic ring is 1. The summed E-state index contributed by atoms with van der Waals surface area (Å²) in [6.45, 7) is -0.444. The number of alkyl halides is 3. The second kappa shape index (κ2) is 8.76. The number of carbonyl (C=O) groups is 1. The van der Waals surface area contributed by atoms with Crippen LogP contribution in [0.25, 0.3) is 11.6 Å². The van der Waals surface area contributed by atoms with Crippen molar-refractivity contribution in [2.24, 2.45) is 17.8 Å². The van der Waals surface area contributed by atoms with Crippen LogP contribution < -0.4 is 10.6 Å². The number of ether oxygens (including phenoxy) is 1. The largest absolute Gasteiger partial charge is 0.411 e. The molecule has 2 fully saturated rings. The van der Waals surface area contributed by atoms with E-state index in [2.05, 4.69) is 25.1 Å². The second-order valence-electron chi connectivity index (χ2n) is 8.47. The minimum absolute atomic E-state index is 0.0204. The molecule has 1 aliphatic carbocycles. The summed E-state index contributed by atoms with van der Waals surface area (Å²) in [4.78, 5) is 32.7. The molecule has 1 unspecified atom stereocenters. The number of anilines is 3. The molecule has 2 aliphatic rings. The van der Waals surface area contributed by atoms with Gasteiger partial charge in [-0.3, -0.25) is 4.79 Å². The lowest BCUT2D eigenvalue weighted by Crippen LogP contribution is -2.32. The first kappa shape index (κ1) is 23.0. The second-order valence-corrected chi connectivity index (χ2v) is 8.47. The molecule has 35 heavy (non-hydrogen) atoms. The summed E-state index contributed by atoms with van der Waals surface area (Å²) in [6, 6.07) is 9.37. The molecular weight excluding hydrogens is 469 g/mol. The van der Waals surface area contributed by atoms with Crippen LogP contribution in [0.3, 0.4) is 0 Å². The van der Waals surface area contributed by atoms with Crippen molar-refractivity contribution >= 4 is 23.5 Å². The topological polar surface area (TPSA) is 136 Å². The Labute approximate surface area is 197 Å². The van der Waals surface area contributed by atoms with E-state index in [9.17, 15) is 18.0 Å². The van der Waals surface area contributed by atoms with E-state index < -0.39 is 18.7 Å². The minimum atomic E-state index is -4.34. The third kappa shape index (κ3) is 4.87. The molecule has 14 heteroatoms. The third-order valence-electron chi connectivity index (χ3n) is 6.13. The number of amides is 1. The Morgan fingerprint density at radius 1 is 1.14 bits per heavy atom. The van der Waals surface area contributed by atoms with Crippen molar-refractivity contribution in [3.63, 3.8) is 0 Å². The molecule has 0 bridgehead atoms. The van der Waals surface area contributed by atoms with Crippen LogP contribution in [-0.4, -0.2) is 75.4 Å². The van der Waals surface area contributed by atoms with Gasteiger partial charge in [0.25, 0.3) is 0 Å². The van der Waals surface area contributed by atoms with Crippen molar-refractivity contribution in [2.45, 2.75) is 6.18 Å². The number of carbonyl (C=O) groups excluding carboxylic acids is 1. The van der Waals surface area contributed by atoms with Gasteiger partial charge in [0.15, 0.2) is 0 Å². The van der Waals surface area contributed by atoms with Crippen LogP contribution in [0.1, 0.15) is 10.7 Å². The standard InChI is InChI=1S/C21H21F3N8O3/c1-31(11-5-3-2-4-6-11)20-28-15(27-19(25)29-20)16-26-17(35-30-16)18(33)32-7-12-13(8-32)14(12)9-34-10-21(22,23)24/h2-6,12-14H,7-10H2,1H3,(H2,25,27,28,29)/t12-,13+,14?. The van der Waals surface area contributed by atoms with E-state index >= 15 is 0 Å². The van der Waals surface area contributed by atoms with Crippen molar-refractivity contribution in [2.75, 3.05) is 44.0 Å². The zero-order valence-electron chi connectivity index (χ0n) is 18.5. The van der Waals surface area contributed by atoms with Gasteiger partial charge < -0.3 is 24.8 Å². The molecule has 1 aliphatic heterocycles. The van der Waals surface area contributed by atoms with Gasteiger partial charge in [-0.1, -0.05) is 23.4 Å². The summed E-state index contributed by atoms with van der Waals surface area (Å²) in [7, 11) is 1.76. The molecule has 1 aromatic carbocycles. The maximum Gasteiger partial charge on any atom is 0.411 e. The summed E-state index contributed by atoms with van der Waals surface area (Å²) in [6.07, 6.45) is -4.34. The third-order valence-corrected chi connectivity index (χ3v) is 6.13. The first-order valence-electron chi connectivity index (χ1n) is 10.8. The van der Waals surface area contributed by atoms with E-state index in [0.717, 1.165) is 5.69 Å². The number of nitrogens with zero attached hydrogens (tertiary/aromatic N) is 7. The van der Waals surface area contributed by atoms with Gasteiger partial charge in [-0.2, -0.15) is 33.1 Å². The lowest BCUT2D eigenvalue weighted by molar-refractivity contribution is -0.175. The fourth-order valence-corrected chi connectivity index (χ4v) is 4.31. The maximum absolute atomic E-state index is 12.8. The van der Waals surface area contributed by atoms with Gasteiger partial charge in [0.05, 0.1) is 6.61 Å². The monoisotopic (exact) mass is 490 g/mol. The van der Waals surface area contributed by atoms with Crippen molar-refractivity contribution in [1.82, 2.24) is 30.0 Å². The Bertz CT molecular complexity index is 1210. The van der Waals surface area contributed by atoms with Crippen LogP contribution in [0.15, 0.2) is 34.9 Å².